The van der Waals surface area contributed by atoms with E-state index in [0.717, 1.165) is 4.47 Å². The molecule has 0 aliphatic heterocycles. The van der Waals surface area contributed by atoms with E-state index < -0.39 is 18.0 Å². The van der Waals surface area contributed by atoms with Gasteiger partial charge in [0.25, 0.3) is 0 Å². The number of anilines is 1. The second-order valence-corrected chi connectivity index (χ2v) is 4.61. The maximum absolute atomic E-state index is 11.6. The molecule has 2 amide bonds. The minimum absolute atomic E-state index is 0.402. The van der Waals surface area contributed by atoms with Crippen molar-refractivity contribution >= 4 is 33.6 Å². The Morgan fingerprint density at radius 2 is 2.06 bits per heavy atom. The largest absolute Gasteiger partial charge is 0.480 e. The summed E-state index contributed by atoms with van der Waals surface area (Å²) in [6, 6.07) is 5.72. The van der Waals surface area contributed by atoms with Crippen molar-refractivity contribution in [1.29, 1.82) is 0 Å². The highest BCUT2D eigenvalue weighted by atomic mass is 79.9. The average Bonchev–Trinajstić information content (AvgIpc) is 2.31. The number of rotatable bonds is 5. The van der Waals surface area contributed by atoms with Gasteiger partial charge in [0.15, 0.2) is 0 Å². The van der Waals surface area contributed by atoms with Gasteiger partial charge in [-0.2, -0.15) is 0 Å². The fourth-order valence-corrected chi connectivity index (χ4v) is 1.81. The van der Waals surface area contributed by atoms with E-state index in [9.17, 15) is 9.59 Å². The topological polar surface area (TPSA) is 78.4 Å². The molecule has 0 saturated carbocycles. The summed E-state index contributed by atoms with van der Waals surface area (Å²) in [4.78, 5) is 22.5. The lowest BCUT2D eigenvalue weighted by molar-refractivity contribution is -0.139. The van der Waals surface area contributed by atoms with E-state index in [1.165, 1.54) is 0 Å². The van der Waals surface area contributed by atoms with Crippen molar-refractivity contribution in [1.82, 2.24) is 5.32 Å². The van der Waals surface area contributed by atoms with Crippen LogP contribution >= 0.6 is 15.9 Å². The van der Waals surface area contributed by atoms with Crippen LogP contribution in [-0.2, 0) is 4.79 Å². The van der Waals surface area contributed by atoms with Crippen LogP contribution in [-0.4, -0.2) is 23.1 Å². The molecule has 0 radical (unpaired) electrons. The summed E-state index contributed by atoms with van der Waals surface area (Å²) in [6.45, 7) is 1.86. The number of para-hydroxylation sites is 1. The van der Waals surface area contributed by atoms with Crippen LogP contribution in [0.1, 0.15) is 19.8 Å². The summed E-state index contributed by atoms with van der Waals surface area (Å²) in [6.07, 6.45) is 1.09. The van der Waals surface area contributed by atoms with E-state index in [1.54, 1.807) is 18.2 Å². The fraction of sp³-hybridized carbons (Fsp3) is 0.333. The molecule has 0 saturated heterocycles. The number of hydrogen-bond donors (Lipinski definition) is 3. The number of carbonyl (C=O) groups excluding carboxylic acids is 1. The lowest BCUT2D eigenvalue weighted by Gasteiger charge is -2.14. The van der Waals surface area contributed by atoms with Crippen LogP contribution in [0, 0.1) is 0 Å². The Bertz CT molecular complexity index is 437. The molecule has 0 aliphatic carbocycles. The molecule has 3 N–H and O–H groups in total. The molecule has 18 heavy (non-hydrogen) atoms. The molecule has 0 unspecified atom stereocenters. The van der Waals surface area contributed by atoms with Crippen molar-refractivity contribution in [2.45, 2.75) is 25.8 Å². The van der Waals surface area contributed by atoms with Crippen molar-refractivity contribution in [3.05, 3.63) is 28.7 Å². The van der Waals surface area contributed by atoms with E-state index in [-0.39, 0.29) is 0 Å². The van der Waals surface area contributed by atoms with Crippen molar-refractivity contribution in [2.24, 2.45) is 0 Å². The fourth-order valence-electron chi connectivity index (χ4n) is 1.43. The molecule has 6 heteroatoms. The lowest BCUT2D eigenvalue weighted by atomic mass is 10.2. The van der Waals surface area contributed by atoms with Gasteiger partial charge in [0.1, 0.15) is 6.04 Å². The van der Waals surface area contributed by atoms with E-state index in [4.69, 9.17) is 5.11 Å². The molecule has 1 aromatic carbocycles. The Hall–Kier alpha value is -1.56. The van der Waals surface area contributed by atoms with Crippen molar-refractivity contribution in [3.8, 4) is 0 Å². The Morgan fingerprint density at radius 3 is 2.61 bits per heavy atom. The van der Waals surface area contributed by atoms with E-state index in [2.05, 4.69) is 26.6 Å². The number of amides is 2. The first-order valence-corrected chi connectivity index (χ1v) is 6.38. The first kappa shape index (κ1) is 14.5. The summed E-state index contributed by atoms with van der Waals surface area (Å²) in [5.74, 6) is -1.03. The number of nitrogens with one attached hydrogen (secondary N) is 2. The third kappa shape index (κ3) is 4.37. The Morgan fingerprint density at radius 1 is 1.39 bits per heavy atom. The number of hydrogen-bond acceptors (Lipinski definition) is 2. The SMILES string of the molecule is CCC[C@H](NC(=O)Nc1ccccc1Br)C(=O)O. The van der Waals surface area contributed by atoms with Gasteiger partial charge in [-0.1, -0.05) is 25.5 Å². The van der Waals surface area contributed by atoms with Crippen molar-refractivity contribution < 1.29 is 14.7 Å². The van der Waals surface area contributed by atoms with Gasteiger partial charge in [-0.05, 0) is 34.5 Å². The van der Waals surface area contributed by atoms with Crippen LogP contribution in [0.25, 0.3) is 0 Å². The number of carbonyl (C=O) groups is 2. The highest BCUT2D eigenvalue weighted by molar-refractivity contribution is 9.10. The minimum Gasteiger partial charge on any atom is -0.480 e. The van der Waals surface area contributed by atoms with E-state index in [1.807, 2.05) is 13.0 Å². The number of aliphatic carboxylic acids is 1. The summed E-state index contributed by atoms with van der Waals surface area (Å²) >= 11 is 3.29. The van der Waals surface area contributed by atoms with Crippen LogP contribution in [0.3, 0.4) is 0 Å². The molecule has 0 spiro atoms. The molecule has 5 nitrogen and oxygen atoms in total. The van der Waals surface area contributed by atoms with Gasteiger partial charge in [0.05, 0.1) is 5.69 Å². The Balaban J connectivity index is 2.61. The average molecular weight is 315 g/mol. The third-order valence-corrected chi connectivity index (χ3v) is 2.99. The predicted octanol–water partition coefficient (Wildman–Crippen LogP) is 2.82. The van der Waals surface area contributed by atoms with Crippen LogP contribution in [0.5, 0.6) is 0 Å². The maximum Gasteiger partial charge on any atom is 0.326 e. The summed E-state index contributed by atoms with van der Waals surface area (Å²) in [5.41, 5.74) is 0.593. The molecule has 0 aliphatic rings. The first-order chi connectivity index (χ1) is 8.54. The molecule has 1 aromatic rings. The summed E-state index contributed by atoms with van der Waals surface area (Å²) in [5, 5.41) is 13.9. The van der Waals surface area contributed by atoms with E-state index in [0.29, 0.717) is 18.5 Å². The third-order valence-electron chi connectivity index (χ3n) is 2.30. The number of urea groups is 1. The smallest absolute Gasteiger partial charge is 0.326 e. The Labute approximate surface area is 114 Å². The predicted molar refractivity (Wildman–Crippen MR) is 72.6 cm³/mol. The standard InChI is InChI=1S/C12H15BrN2O3/c1-2-5-10(11(16)17)15-12(18)14-9-7-4-3-6-8(9)13/h3-4,6-7,10H,2,5H2,1H3,(H,16,17)(H2,14,15,18)/t10-/m0/s1. The van der Waals surface area contributed by atoms with Crippen LogP contribution in [0.4, 0.5) is 10.5 Å². The minimum atomic E-state index is -1.03. The summed E-state index contributed by atoms with van der Waals surface area (Å²) in [7, 11) is 0. The molecule has 0 bridgehead atoms. The number of carboxylic acid groups (broad SMARTS) is 1. The van der Waals surface area contributed by atoms with Crippen LogP contribution < -0.4 is 10.6 Å². The normalized spacial score (nSPS) is 11.7. The summed E-state index contributed by atoms with van der Waals surface area (Å²) < 4.78 is 0.738. The molecular weight excluding hydrogens is 300 g/mol. The zero-order chi connectivity index (χ0) is 13.5. The molecule has 0 heterocycles. The van der Waals surface area contributed by atoms with E-state index >= 15 is 0 Å². The number of halogens is 1. The van der Waals surface area contributed by atoms with Gasteiger partial charge in [-0.15, -0.1) is 0 Å². The maximum atomic E-state index is 11.6. The van der Waals surface area contributed by atoms with Gasteiger partial charge in [0.2, 0.25) is 0 Å². The van der Waals surface area contributed by atoms with Crippen LogP contribution in [0.2, 0.25) is 0 Å². The second-order valence-electron chi connectivity index (χ2n) is 3.76. The quantitative estimate of drug-likeness (QED) is 0.782. The van der Waals surface area contributed by atoms with Gasteiger partial charge >= 0.3 is 12.0 Å². The Kier molecular flexibility index (Phi) is 5.64. The van der Waals surface area contributed by atoms with Gasteiger partial charge in [0, 0.05) is 4.47 Å². The van der Waals surface area contributed by atoms with Gasteiger partial charge in [-0.25, -0.2) is 9.59 Å². The molecule has 1 atom stereocenters. The molecule has 0 aromatic heterocycles. The number of carboxylic acids is 1. The van der Waals surface area contributed by atoms with Crippen LogP contribution in [0.15, 0.2) is 28.7 Å². The molecule has 1 rings (SSSR count). The second kappa shape index (κ2) is 7.00. The number of benzene rings is 1. The monoisotopic (exact) mass is 314 g/mol. The van der Waals surface area contributed by atoms with Crippen molar-refractivity contribution in [2.75, 3.05) is 5.32 Å². The first-order valence-electron chi connectivity index (χ1n) is 5.59. The zero-order valence-corrected chi connectivity index (χ0v) is 11.5. The highest BCUT2D eigenvalue weighted by Crippen LogP contribution is 2.20. The van der Waals surface area contributed by atoms with Crippen molar-refractivity contribution in [3.63, 3.8) is 0 Å². The molecule has 98 valence electrons. The highest BCUT2D eigenvalue weighted by Gasteiger charge is 2.18. The molecule has 0 fully saturated rings. The zero-order valence-electron chi connectivity index (χ0n) is 9.94. The molecular formula is C12H15BrN2O3. The van der Waals surface area contributed by atoms with Gasteiger partial charge in [-0.3, -0.25) is 0 Å². The van der Waals surface area contributed by atoms with Gasteiger partial charge < -0.3 is 15.7 Å². The lowest BCUT2D eigenvalue weighted by Crippen LogP contribution is -2.42.